The van der Waals surface area contributed by atoms with E-state index < -0.39 is 0 Å². The van der Waals surface area contributed by atoms with Crippen molar-refractivity contribution in [2.45, 2.75) is 6.04 Å². The molecular weight excluding hydrogens is 180 g/mol. The van der Waals surface area contributed by atoms with Gasteiger partial charge < -0.3 is 10.2 Å². The zero-order valence-corrected chi connectivity index (χ0v) is 7.34. The predicted octanol–water partition coefficient (Wildman–Crippen LogP) is 0.821. The van der Waals surface area contributed by atoms with Crippen LogP contribution in [0, 0.1) is 11.3 Å². The summed E-state index contributed by atoms with van der Waals surface area (Å²) in [6, 6.07) is 4.98. The summed E-state index contributed by atoms with van der Waals surface area (Å²) in [6.07, 6.45) is 3.19. The van der Waals surface area contributed by atoms with Crippen LogP contribution in [0.15, 0.2) is 24.5 Å². The number of nitriles is 1. The van der Waals surface area contributed by atoms with Crippen LogP contribution in [-0.2, 0) is 0 Å². The van der Waals surface area contributed by atoms with E-state index in [1.165, 1.54) is 4.90 Å². The van der Waals surface area contributed by atoms with Crippen molar-refractivity contribution >= 4 is 11.7 Å². The van der Waals surface area contributed by atoms with Crippen molar-refractivity contribution in [2.24, 2.45) is 0 Å². The van der Waals surface area contributed by atoms with Gasteiger partial charge >= 0.3 is 6.03 Å². The van der Waals surface area contributed by atoms with E-state index in [1.807, 2.05) is 6.07 Å². The fourth-order valence-electron chi connectivity index (χ4n) is 1.11. The van der Waals surface area contributed by atoms with E-state index in [0.29, 0.717) is 12.2 Å². The Morgan fingerprint density at radius 2 is 2.64 bits per heavy atom. The Morgan fingerprint density at radius 3 is 3.21 bits per heavy atom. The third-order valence-electron chi connectivity index (χ3n) is 1.93. The topological polar surface area (TPSA) is 68.8 Å². The standard InChI is InChI=1S/C9H8N4O/c10-4-8-6-13(8)9(14)12-7-2-1-3-11-5-7/h1-3,5,8H,6H2,(H,12,14)/t8-,13?/m1/s1. The number of anilines is 1. The summed E-state index contributed by atoms with van der Waals surface area (Å²) in [4.78, 5) is 16.7. The maximum absolute atomic E-state index is 11.4. The first-order valence-electron chi connectivity index (χ1n) is 4.18. The number of carbonyl (C=O) groups is 1. The first kappa shape index (κ1) is 8.51. The summed E-state index contributed by atoms with van der Waals surface area (Å²) in [5.74, 6) is 0. The second-order valence-electron chi connectivity index (χ2n) is 2.97. The van der Waals surface area contributed by atoms with Crippen LogP contribution in [0.5, 0.6) is 0 Å². The van der Waals surface area contributed by atoms with Gasteiger partial charge in [-0.15, -0.1) is 0 Å². The Labute approximate surface area is 81.0 Å². The highest BCUT2D eigenvalue weighted by atomic mass is 16.2. The van der Waals surface area contributed by atoms with E-state index in [9.17, 15) is 4.79 Å². The monoisotopic (exact) mass is 188 g/mol. The summed E-state index contributed by atoms with van der Waals surface area (Å²) >= 11 is 0. The smallest absolute Gasteiger partial charge is 0.306 e. The zero-order chi connectivity index (χ0) is 9.97. The van der Waals surface area contributed by atoms with Crippen molar-refractivity contribution in [3.05, 3.63) is 24.5 Å². The van der Waals surface area contributed by atoms with Gasteiger partial charge in [0.1, 0.15) is 6.04 Å². The third kappa shape index (κ3) is 1.64. The van der Waals surface area contributed by atoms with Crippen molar-refractivity contribution in [1.29, 1.82) is 5.26 Å². The minimum Gasteiger partial charge on any atom is -0.306 e. The molecule has 0 bridgehead atoms. The van der Waals surface area contributed by atoms with Gasteiger partial charge in [0.2, 0.25) is 0 Å². The molecule has 5 nitrogen and oxygen atoms in total. The number of hydrogen-bond acceptors (Lipinski definition) is 3. The summed E-state index contributed by atoms with van der Waals surface area (Å²) in [5, 5.41) is 11.1. The zero-order valence-electron chi connectivity index (χ0n) is 7.34. The second kappa shape index (κ2) is 3.34. The Kier molecular flexibility index (Phi) is 2.03. The molecule has 1 saturated heterocycles. The molecule has 0 aliphatic carbocycles. The molecule has 14 heavy (non-hydrogen) atoms. The molecule has 1 aromatic rings. The number of amides is 2. The Bertz CT molecular complexity index is 384. The molecule has 0 aromatic carbocycles. The van der Waals surface area contributed by atoms with E-state index in [1.54, 1.807) is 24.5 Å². The normalized spacial score (nSPS) is 18.5. The molecule has 1 N–H and O–H groups in total. The molecule has 2 amide bonds. The molecule has 1 fully saturated rings. The summed E-state index contributed by atoms with van der Waals surface area (Å²) in [6.45, 7) is 0.516. The molecule has 0 radical (unpaired) electrons. The van der Waals surface area contributed by atoms with Gasteiger partial charge in [-0.25, -0.2) is 4.79 Å². The molecule has 0 spiro atoms. The first-order chi connectivity index (χ1) is 6.81. The SMILES string of the molecule is N#C[C@@H]1CN1C(=O)Nc1cccnc1. The van der Waals surface area contributed by atoms with Crippen LogP contribution in [-0.4, -0.2) is 28.5 Å². The Morgan fingerprint density at radius 1 is 1.79 bits per heavy atom. The molecule has 0 unspecified atom stereocenters. The van der Waals surface area contributed by atoms with Crippen LogP contribution in [0.3, 0.4) is 0 Å². The van der Waals surface area contributed by atoms with Crippen molar-refractivity contribution < 1.29 is 4.79 Å². The highest BCUT2D eigenvalue weighted by molar-refractivity contribution is 5.91. The fraction of sp³-hybridized carbons (Fsp3) is 0.222. The molecule has 0 saturated carbocycles. The van der Waals surface area contributed by atoms with E-state index in [0.717, 1.165) is 0 Å². The molecule has 5 heteroatoms. The van der Waals surface area contributed by atoms with E-state index in [4.69, 9.17) is 5.26 Å². The Balaban J connectivity index is 1.94. The van der Waals surface area contributed by atoms with Crippen molar-refractivity contribution in [3.8, 4) is 6.07 Å². The van der Waals surface area contributed by atoms with Crippen molar-refractivity contribution in [2.75, 3.05) is 11.9 Å². The molecule has 1 atom stereocenters. The van der Waals surface area contributed by atoms with Crippen molar-refractivity contribution in [3.63, 3.8) is 0 Å². The minimum atomic E-state index is -0.258. The van der Waals surface area contributed by atoms with Gasteiger partial charge in [-0.05, 0) is 12.1 Å². The molecule has 1 aliphatic rings. The number of nitrogens with one attached hydrogen (secondary N) is 1. The molecular formula is C9H8N4O. The van der Waals surface area contributed by atoms with Gasteiger partial charge in [0.25, 0.3) is 0 Å². The average Bonchev–Trinajstić information content (AvgIpc) is 2.98. The minimum absolute atomic E-state index is 0.246. The number of carbonyl (C=O) groups excluding carboxylic acids is 1. The predicted molar refractivity (Wildman–Crippen MR) is 49.4 cm³/mol. The second-order valence-corrected chi connectivity index (χ2v) is 2.97. The van der Waals surface area contributed by atoms with Gasteiger partial charge in [-0.2, -0.15) is 5.26 Å². The van der Waals surface area contributed by atoms with Crippen LogP contribution in [0.1, 0.15) is 0 Å². The average molecular weight is 188 g/mol. The van der Waals surface area contributed by atoms with Crippen LogP contribution >= 0.6 is 0 Å². The van der Waals surface area contributed by atoms with Crippen LogP contribution < -0.4 is 5.32 Å². The van der Waals surface area contributed by atoms with Crippen molar-refractivity contribution in [1.82, 2.24) is 9.88 Å². The molecule has 2 heterocycles. The number of aromatic nitrogens is 1. The first-order valence-corrected chi connectivity index (χ1v) is 4.18. The van der Waals surface area contributed by atoms with Gasteiger partial charge in [-0.1, -0.05) is 0 Å². The number of urea groups is 1. The molecule has 1 aliphatic heterocycles. The van der Waals surface area contributed by atoms with E-state index >= 15 is 0 Å². The maximum atomic E-state index is 11.4. The van der Waals surface area contributed by atoms with Crippen LogP contribution in [0.4, 0.5) is 10.5 Å². The number of pyridine rings is 1. The Hall–Kier alpha value is -2.09. The fourth-order valence-corrected chi connectivity index (χ4v) is 1.11. The lowest BCUT2D eigenvalue weighted by molar-refractivity contribution is 0.241. The van der Waals surface area contributed by atoms with Crippen LogP contribution in [0.2, 0.25) is 0 Å². The third-order valence-corrected chi connectivity index (χ3v) is 1.93. The molecule has 2 rings (SSSR count). The molecule has 70 valence electrons. The van der Waals surface area contributed by atoms with Gasteiger partial charge in [0.05, 0.1) is 24.5 Å². The van der Waals surface area contributed by atoms with E-state index in [-0.39, 0.29) is 12.1 Å². The number of rotatable bonds is 1. The quantitative estimate of drug-likeness (QED) is 0.663. The number of hydrogen-bond donors (Lipinski definition) is 1. The maximum Gasteiger partial charge on any atom is 0.323 e. The summed E-state index contributed by atoms with van der Waals surface area (Å²) in [5.41, 5.74) is 0.640. The molecule has 1 aromatic heterocycles. The lowest BCUT2D eigenvalue weighted by Crippen LogP contribution is -2.20. The highest BCUT2D eigenvalue weighted by Crippen LogP contribution is 2.17. The van der Waals surface area contributed by atoms with Gasteiger partial charge in [-0.3, -0.25) is 4.98 Å². The largest absolute Gasteiger partial charge is 0.323 e. The van der Waals surface area contributed by atoms with Crippen LogP contribution in [0.25, 0.3) is 0 Å². The summed E-state index contributed by atoms with van der Waals surface area (Å²) < 4.78 is 0. The van der Waals surface area contributed by atoms with E-state index in [2.05, 4.69) is 10.3 Å². The highest BCUT2D eigenvalue weighted by Gasteiger charge is 2.38. The van der Waals surface area contributed by atoms with Gasteiger partial charge in [0.15, 0.2) is 0 Å². The lowest BCUT2D eigenvalue weighted by atomic mass is 10.4. The lowest BCUT2D eigenvalue weighted by Gasteiger charge is -2.04. The number of nitrogens with zero attached hydrogens (tertiary/aromatic N) is 3. The summed E-state index contributed by atoms with van der Waals surface area (Å²) in [7, 11) is 0. The van der Waals surface area contributed by atoms with Gasteiger partial charge in [0, 0.05) is 6.20 Å².